The van der Waals surface area contributed by atoms with Gasteiger partial charge < -0.3 is 10.6 Å². The number of benzene rings is 1. The van der Waals surface area contributed by atoms with Gasteiger partial charge >= 0.3 is 0 Å². The van der Waals surface area contributed by atoms with E-state index in [1.165, 1.54) is 0 Å². The van der Waals surface area contributed by atoms with Crippen molar-refractivity contribution in [2.75, 3.05) is 5.32 Å². The molecule has 1 aromatic carbocycles. The van der Waals surface area contributed by atoms with Crippen LogP contribution in [0.3, 0.4) is 0 Å². The SMILES string of the molecule is Cc1ccccc1CNC(=O)c1ccc(NCc2cccnc2)nn1. The molecule has 0 aliphatic rings. The summed E-state index contributed by atoms with van der Waals surface area (Å²) in [5.41, 5.74) is 3.56. The number of aromatic nitrogens is 3. The number of hydrogen-bond acceptors (Lipinski definition) is 5. The van der Waals surface area contributed by atoms with E-state index in [2.05, 4.69) is 25.8 Å². The number of anilines is 1. The maximum Gasteiger partial charge on any atom is 0.272 e. The third-order valence-electron chi connectivity index (χ3n) is 3.79. The molecule has 6 heteroatoms. The Labute approximate surface area is 146 Å². The molecule has 0 radical (unpaired) electrons. The van der Waals surface area contributed by atoms with Crippen molar-refractivity contribution >= 4 is 11.7 Å². The molecule has 2 heterocycles. The molecular weight excluding hydrogens is 314 g/mol. The summed E-state index contributed by atoms with van der Waals surface area (Å²) in [6.07, 6.45) is 3.52. The normalized spacial score (nSPS) is 10.3. The van der Waals surface area contributed by atoms with E-state index >= 15 is 0 Å². The van der Waals surface area contributed by atoms with Gasteiger partial charge in [-0.15, -0.1) is 10.2 Å². The average Bonchev–Trinajstić information content (AvgIpc) is 2.67. The van der Waals surface area contributed by atoms with Crippen LogP contribution in [-0.2, 0) is 13.1 Å². The lowest BCUT2D eigenvalue weighted by Crippen LogP contribution is -2.24. The van der Waals surface area contributed by atoms with Gasteiger partial charge in [0.05, 0.1) is 0 Å². The predicted octanol–water partition coefficient (Wildman–Crippen LogP) is 2.72. The van der Waals surface area contributed by atoms with Crippen LogP contribution in [0, 0.1) is 6.92 Å². The highest BCUT2D eigenvalue weighted by atomic mass is 16.1. The highest BCUT2D eigenvalue weighted by Crippen LogP contribution is 2.08. The fourth-order valence-corrected chi connectivity index (χ4v) is 2.32. The van der Waals surface area contributed by atoms with Crippen molar-refractivity contribution in [3.8, 4) is 0 Å². The molecule has 1 amide bonds. The van der Waals surface area contributed by atoms with Gasteiger partial charge in [0.2, 0.25) is 0 Å². The van der Waals surface area contributed by atoms with E-state index in [0.717, 1.165) is 16.7 Å². The first-order valence-electron chi connectivity index (χ1n) is 8.01. The van der Waals surface area contributed by atoms with Crippen LogP contribution in [0.4, 0.5) is 5.82 Å². The molecule has 0 saturated heterocycles. The molecule has 6 nitrogen and oxygen atoms in total. The Balaban J connectivity index is 1.54. The minimum atomic E-state index is -0.241. The van der Waals surface area contributed by atoms with Gasteiger partial charge in [-0.1, -0.05) is 30.3 Å². The van der Waals surface area contributed by atoms with Crippen LogP contribution in [0.2, 0.25) is 0 Å². The quantitative estimate of drug-likeness (QED) is 0.725. The summed E-state index contributed by atoms with van der Waals surface area (Å²) in [6, 6.07) is 15.2. The van der Waals surface area contributed by atoms with Crippen LogP contribution in [0.1, 0.15) is 27.2 Å². The minimum Gasteiger partial charge on any atom is -0.364 e. The first-order valence-corrected chi connectivity index (χ1v) is 8.01. The van der Waals surface area contributed by atoms with Gasteiger partial charge in [0, 0.05) is 25.5 Å². The van der Waals surface area contributed by atoms with Crippen molar-refractivity contribution in [3.63, 3.8) is 0 Å². The third-order valence-corrected chi connectivity index (χ3v) is 3.79. The summed E-state index contributed by atoms with van der Waals surface area (Å²) in [6.45, 7) is 3.08. The lowest BCUT2D eigenvalue weighted by Gasteiger charge is -2.08. The molecule has 25 heavy (non-hydrogen) atoms. The third kappa shape index (κ3) is 4.60. The number of carbonyl (C=O) groups is 1. The summed E-state index contributed by atoms with van der Waals surface area (Å²) >= 11 is 0. The standard InChI is InChI=1S/C19H19N5O/c1-14-5-2-3-7-16(14)13-22-19(25)17-8-9-18(24-23-17)21-12-15-6-4-10-20-11-15/h2-11H,12-13H2,1H3,(H,21,24)(H,22,25). The molecule has 3 aromatic rings. The van der Waals surface area contributed by atoms with Crippen molar-refractivity contribution in [1.82, 2.24) is 20.5 Å². The molecule has 3 rings (SSSR count). The number of pyridine rings is 1. The highest BCUT2D eigenvalue weighted by Gasteiger charge is 2.08. The Morgan fingerprint density at radius 1 is 1.00 bits per heavy atom. The van der Waals surface area contributed by atoms with Crippen molar-refractivity contribution in [2.24, 2.45) is 0 Å². The molecule has 0 saturated carbocycles. The van der Waals surface area contributed by atoms with Crippen molar-refractivity contribution in [3.05, 3.63) is 83.3 Å². The van der Waals surface area contributed by atoms with Gasteiger partial charge in [-0.3, -0.25) is 9.78 Å². The molecule has 0 fully saturated rings. The molecule has 2 aromatic heterocycles. The van der Waals surface area contributed by atoms with Gasteiger partial charge in [-0.05, 0) is 41.8 Å². The predicted molar refractivity (Wildman–Crippen MR) is 95.9 cm³/mol. The van der Waals surface area contributed by atoms with Crippen LogP contribution in [0.15, 0.2) is 60.9 Å². The van der Waals surface area contributed by atoms with E-state index in [-0.39, 0.29) is 5.91 Å². The highest BCUT2D eigenvalue weighted by molar-refractivity contribution is 5.92. The minimum absolute atomic E-state index is 0.241. The number of rotatable bonds is 6. The summed E-state index contributed by atoms with van der Waals surface area (Å²) < 4.78 is 0. The smallest absolute Gasteiger partial charge is 0.272 e. The van der Waals surface area contributed by atoms with Crippen LogP contribution >= 0.6 is 0 Å². The zero-order valence-electron chi connectivity index (χ0n) is 13.9. The number of aryl methyl sites for hydroxylation is 1. The van der Waals surface area contributed by atoms with Crippen molar-refractivity contribution in [2.45, 2.75) is 20.0 Å². The van der Waals surface area contributed by atoms with E-state index in [0.29, 0.717) is 24.6 Å². The van der Waals surface area contributed by atoms with Gasteiger partial charge in [-0.2, -0.15) is 0 Å². The van der Waals surface area contributed by atoms with Crippen LogP contribution in [-0.4, -0.2) is 21.1 Å². The monoisotopic (exact) mass is 333 g/mol. The fraction of sp³-hybridized carbons (Fsp3) is 0.158. The van der Waals surface area contributed by atoms with Crippen molar-refractivity contribution in [1.29, 1.82) is 0 Å². The molecule has 0 spiro atoms. The van der Waals surface area contributed by atoms with E-state index in [1.807, 2.05) is 43.3 Å². The second kappa shape index (κ2) is 8.01. The molecule has 0 unspecified atom stereocenters. The number of amides is 1. The second-order valence-electron chi connectivity index (χ2n) is 5.63. The van der Waals surface area contributed by atoms with E-state index < -0.39 is 0 Å². The first kappa shape index (κ1) is 16.6. The Kier molecular flexibility index (Phi) is 5.31. The largest absolute Gasteiger partial charge is 0.364 e. The molecule has 0 bridgehead atoms. The zero-order chi connectivity index (χ0) is 17.5. The maximum atomic E-state index is 12.2. The van der Waals surface area contributed by atoms with Gasteiger partial charge in [0.25, 0.3) is 5.91 Å². The number of carbonyl (C=O) groups excluding carboxylic acids is 1. The van der Waals surface area contributed by atoms with E-state index in [4.69, 9.17) is 0 Å². The topological polar surface area (TPSA) is 79.8 Å². The molecule has 0 atom stereocenters. The van der Waals surface area contributed by atoms with Crippen LogP contribution in [0.25, 0.3) is 0 Å². The summed E-state index contributed by atoms with van der Waals surface area (Å²) in [4.78, 5) is 16.2. The average molecular weight is 333 g/mol. The number of nitrogens with one attached hydrogen (secondary N) is 2. The zero-order valence-corrected chi connectivity index (χ0v) is 13.9. The lowest BCUT2D eigenvalue weighted by molar-refractivity contribution is 0.0945. The Bertz CT molecular complexity index is 834. The number of nitrogens with zero attached hydrogens (tertiary/aromatic N) is 3. The maximum absolute atomic E-state index is 12.2. The second-order valence-corrected chi connectivity index (χ2v) is 5.63. The first-order chi connectivity index (χ1) is 12.2. The van der Waals surface area contributed by atoms with Gasteiger partial charge in [0.15, 0.2) is 5.69 Å². The van der Waals surface area contributed by atoms with E-state index in [1.54, 1.807) is 24.5 Å². The Hall–Kier alpha value is -3.28. The summed E-state index contributed by atoms with van der Waals surface area (Å²) in [5, 5.41) is 14.0. The number of hydrogen-bond donors (Lipinski definition) is 2. The van der Waals surface area contributed by atoms with Crippen LogP contribution in [0.5, 0.6) is 0 Å². The molecule has 2 N–H and O–H groups in total. The Morgan fingerprint density at radius 2 is 1.88 bits per heavy atom. The van der Waals surface area contributed by atoms with Crippen LogP contribution < -0.4 is 10.6 Å². The molecule has 126 valence electrons. The van der Waals surface area contributed by atoms with Gasteiger partial charge in [0.1, 0.15) is 5.82 Å². The lowest BCUT2D eigenvalue weighted by atomic mass is 10.1. The molecule has 0 aliphatic heterocycles. The van der Waals surface area contributed by atoms with Crippen molar-refractivity contribution < 1.29 is 4.79 Å². The summed E-state index contributed by atoms with van der Waals surface area (Å²) in [5.74, 6) is 0.369. The Morgan fingerprint density at radius 3 is 2.60 bits per heavy atom. The fourth-order valence-electron chi connectivity index (χ4n) is 2.32. The summed E-state index contributed by atoms with van der Waals surface area (Å²) in [7, 11) is 0. The molecule has 0 aliphatic carbocycles. The molecular formula is C19H19N5O. The van der Waals surface area contributed by atoms with Gasteiger partial charge in [-0.25, -0.2) is 0 Å². The van der Waals surface area contributed by atoms with E-state index in [9.17, 15) is 4.79 Å².